The van der Waals surface area contributed by atoms with E-state index in [2.05, 4.69) is 33.8 Å². The van der Waals surface area contributed by atoms with Gasteiger partial charge in [0.25, 0.3) is 0 Å². The van der Waals surface area contributed by atoms with E-state index < -0.39 is 11.7 Å². The topological polar surface area (TPSA) is 40.5 Å². The van der Waals surface area contributed by atoms with Crippen molar-refractivity contribution < 1.29 is 14.6 Å². The van der Waals surface area contributed by atoms with Crippen molar-refractivity contribution in [3.05, 3.63) is 47.3 Å². The molecule has 4 aliphatic carbocycles. The molecule has 3 heteroatoms. The molecule has 3 fully saturated rings. The zero-order chi connectivity index (χ0) is 25.0. The third-order valence-electron chi connectivity index (χ3n) is 11.8. The molecule has 1 aromatic carbocycles. The summed E-state index contributed by atoms with van der Waals surface area (Å²) in [6, 6.07) is 6.66. The monoisotopic (exact) mass is 482 g/mol. The number of hydrogen-bond acceptors (Lipinski definition) is 2. The first-order valence-corrected chi connectivity index (χ1v) is 14.5. The lowest BCUT2D eigenvalue weighted by atomic mass is 9.46. The lowest BCUT2D eigenvalue weighted by Gasteiger charge is -2.59. The van der Waals surface area contributed by atoms with Gasteiger partial charge in [0.2, 0.25) is 0 Å². The van der Waals surface area contributed by atoms with E-state index in [-0.39, 0.29) is 11.2 Å². The number of benzene rings is 1. The summed E-state index contributed by atoms with van der Waals surface area (Å²) in [7, 11) is 0. The van der Waals surface area contributed by atoms with Crippen molar-refractivity contribution in [3.8, 4) is 0 Å². The number of allylic oxidation sites excluding steroid dienone is 1. The second kappa shape index (κ2) is 9.28. The number of fused-ring (bicyclic) bond motifs is 5. The van der Waals surface area contributed by atoms with E-state index in [0.29, 0.717) is 29.2 Å². The van der Waals surface area contributed by atoms with Crippen molar-refractivity contribution in [1.82, 2.24) is 0 Å². The van der Waals surface area contributed by atoms with Crippen LogP contribution in [0.3, 0.4) is 0 Å². The molecule has 0 heterocycles. The highest BCUT2D eigenvalue weighted by molar-refractivity contribution is 5.27. The molecule has 1 aromatic rings. The van der Waals surface area contributed by atoms with Gasteiger partial charge in [0, 0.05) is 5.56 Å². The van der Waals surface area contributed by atoms with Gasteiger partial charge in [-0.15, -0.1) is 0 Å². The predicted octanol–water partition coefficient (Wildman–Crippen LogP) is 8.00. The van der Waals surface area contributed by atoms with E-state index in [0.717, 1.165) is 49.9 Å². The number of halogens is 1. The molecule has 0 aromatic heterocycles. The van der Waals surface area contributed by atoms with Crippen LogP contribution < -0.4 is 0 Å². The number of hydrogen-bond donors (Lipinski definition) is 2. The van der Waals surface area contributed by atoms with Gasteiger partial charge in [-0.05, 0) is 117 Å². The molecule has 0 spiro atoms. The van der Waals surface area contributed by atoms with Crippen LogP contribution in [-0.4, -0.2) is 15.8 Å². The van der Waals surface area contributed by atoms with Crippen molar-refractivity contribution in [1.29, 1.82) is 0 Å². The van der Waals surface area contributed by atoms with Crippen LogP contribution in [0.2, 0.25) is 0 Å². The van der Waals surface area contributed by atoms with Crippen LogP contribution in [-0.2, 0) is 0 Å². The average molecular weight is 483 g/mol. The number of rotatable bonds is 6. The highest BCUT2D eigenvalue weighted by atomic mass is 19.1. The largest absolute Gasteiger partial charge is 0.390 e. The fraction of sp³-hybridized carbons (Fsp3) is 0.750. The Morgan fingerprint density at radius 3 is 2.54 bits per heavy atom. The molecule has 2 nitrogen and oxygen atoms in total. The zero-order valence-electron chi connectivity index (χ0n) is 22.4. The van der Waals surface area contributed by atoms with Gasteiger partial charge in [0.05, 0.1) is 11.7 Å². The van der Waals surface area contributed by atoms with Crippen molar-refractivity contribution in [3.63, 3.8) is 0 Å². The summed E-state index contributed by atoms with van der Waals surface area (Å²) in [6.07, 6.45) is 13.7. The maximum Gasteiger partial charge on any atom is 0.128 e. The Morgan fingerprint density at radius 1 is 1.03 bits per heavy atom. The summed E-state index contributed by atoms with van der Waals surface area (Å²) in [5, 5.41) is 21.7. The van der Waals surface area contributed by atoms with Crippen molar-refractivity contribution in [2.45, 2.75) is 110 Å². The zero-order valence-corrected chi connectivity index (χ0v) is 22.4. The van der Waals surface area contributed by atoms with Gasteiger partial charge in [-0.1, -0.05) is 57.5 Å². The molecule has 4 aliphatic rings. The quantitative estimate of drug-likeness (QED) is 0.403. The lowest BCUT2D eigenvalue weighted by molar-refractivity contribution is -0.0757. The van der Waals surface area contributed by atoms with Crippen LogP contribution in [0.1, 0.15) is 110 Å². The van der Waals surface area contributed by atoms with E-state index in [9.17, 15) is 14.6 Å². The van der Waals surface area contributed by atoms with Crippen LogP contribution in [0, 0.1) is 46.2 Å². The highest BCUT2D eigenvalue weighted by Gasteiger charge is 2.59. The second-order valence-corrected chi connectivity index (χ2v) is 13.3. The van der Waals surface area contributed by atoms with E-state index in [1.807, 2.05) is 6.07 Å². The third kappa shape index (κ3) is 4.23. The molecular weight excluding hydrogens is 435 g/mol. The van der Waals surface area contributed by atoms with Crippen molar-refractivity contribution in [2.75, 3.05) is 0 Å². The summed E-state index contributed by atoms with van der Waals surface area (Å²) < 4.78 is 14.1. The fourth-order valence-corrected chi connectivity index (χ4v) is 9.51. The van der Waals surface area contributed by atoms with E-state index in [1.165, 1.54) is 38.2 Å². The standard InChI is InChI=1S/C32H47FO2/c1-5-32(35)19-18-30(3)22(20-32)11-12-23-26-14-13-25(31(26,4)17-16-27(23)30)21(2)10-15-29(34)24-8-6-7-9-28(24)33/h6-9,11,21,23,25-27,29,34-35H,5,10,12-20H2,1-4H3/t21-,23+,25-,26+,27+,29-,30+,31-,32+/m1/s1. The summed E-state index contributed by atoms with van der Waals surface area (Å²) in [6.45, 7) is 9.61. The highest BCUT2D eigenvalue weighted by Crippen LogP contribution is 2.67. The van der Waals surface area contributed by atoms with Crippen LogP contribution >= 0.6 is 0 Å². The first-order chi connectivity index (χ1) is 16.6. The van der Waals surface area contributed by atoms with E-state index in [1.54, 1.807) is 17.7 Å². The molecule has 0 unspecified atom stereocenters. The maximum atomic E-state index is 14.1. The summed E-state index contributed by atoms with van der Waals surface area (Å²) in [5.41, 5.74) is 2.17. The van der Waals surface area contributed by atoms with Crippen LogP contribution in [0.4, 0.5) is 4.39 Å². The Balaban J connectivity index is 1.28. The number of aliphatic hydroxyl groups excluding tert-OH is 1. The molecule has 2 N–H and O–H groups in total. The Hall–Kier alpha value is -1.19. The number of aliphatic hydroxyl groups is 2. The van der Waals surface area contributed by atoms with Crippen LogP contribution in [0.25, 0.3) is 0 Å². The Bertz CT molecular complexity index is 957. The molecule has 0 amide bonds. The van der Waals surface area contributed by atoms with Crippen LogP contribution in [0.15, 0.2) is 35.9 Å². The van der Waals surface area contributed by atoms with Gasteiger partial charge in [-0.3, -0.25) is 0 Å². The first kappa shape index (κ1) is 25.5. The molecule has 35 heavy (non-hydrogen) atoms. The third-order valence-corrected chi connectivity index (χ3v) is 11.8. The van der Waals surface area contributed by atoms with E-state index >= 15 is 0 Å². The van der Waals surface area contributed by atoms with Gasteiger partial charge >= 0.3 is 0 Å². The molecule has 0 radical (unpaired) electrons. The van der Waals surface area contributed by atoms with Gasteiger partial charge in [0.15, 0.2) is 0 Å². The lowest BCUT2D eigenvalue weighted by Crippen LogP contribution is -2.52. The van der Waals surface area contributed by atoms with Gasteiger partial charge in [-0.25, -0.2) is 4.39 Å². The summed E-state index contributed by atoms with van der Waals surface area (Å²) >= 11 is 0. The van der Waals surface area contributed by atoms with Crippen molar-refractivity contribution in [2.24, 2.45) is 40.4 Å². The SMILES string of the molecule is CC[C@]1(O)CC[C@@]2(C)C(=CC[C@H]3[C@@H]4CC[C@H]([C@H](C)CC[C@@H](O)c5ccccc5F)[C@@]4(C)CC[C@@H]32)C1. The molecule has 5 rings (SSSR count). The fourth-order valence-electron chi connectivity index (χ4n) is 9.51. The summed E-state index contributed by atoms with van der Waals surface area (Å²) in [5.74, 6) is 3.26. The molecule has 0 aliphatic heterocycles. The minimum atomic E-state index is -0.714. The molecule has 194 valence electrons. The van der Waals surface area contributed by atoms with Crippen molar-refractivity contribution >= 4 is 0 Å². The summed E-state index contributed by atoms with van der Waals surface area (Å²) in [4.78, 5) is 0. The second-order valence-electron chi connectivity index (χ2n) is 13.3. The molecular formula is C32H47FO2. The Morgan fingerprint density at radius 2 is 1.80 bits per heavy atom. The minimum Gasteiger partial charge on any atom is -0.390 e. The predicted molar refractivity (Wildman–Crippen MR) is 140 cm³/mol. The van der Waals surface area contributed by atoms with Crippen LogP contribution in [0.5, 0.6) is 0 Å². The molecule has 3 saturated carbocycles. The molecule has 0 saturated heterocycles. The van der Waals surface area contributed by atoms with Gasteiger partial charge < -0.3 is 10.2 Å². The van der Waals surface area contributed by atoms with Gasteiger partial charge in [-0.2, -0.15) is 0 Å². The van der Waals surface area contributed by atoms with E-state index in [4.69, 9.17) is 0 Å². The minimum absolute atomic E-state index is 0.277. The molecule has 0 bridgehead atoms. The smallest absolute Gasteiger partial charge is 0.128 e. The normalized spacial score (nSPS) is 42.4. The van der Waals surface area contributed by atoms with Gasteiger partial charge in [0.1, 0.15) is 5.82 Å². The first-order valence-electron chi connectivity index (χ1n) is 14.5. The Kier molecular flexibility index (Phi) is 6.75. The maximum absolute atomic E-state index is 14.1. The Labute approximate surface area is 212 Å². The average Bonchev–Trinajstić information content (AvgIpc) is 3.20. The molecule has 9 atom stereocenters.